The van der Waals surface area contributed by atoms with E-state index in [2.05, 4.69) is 9.71 Å². The summed E-state index contributed by atoms with van der Waals surface area (Å²) in [5.41, 5.74) is 8.03. The van der Waals surface area contributed by atoms with Crippen LogP contribution in [-0.4, -0.2) is 25.9 Å². The first-order chi connectivity index (χ1) is 13.2. The molecule has 1 aromatic heterocycles. The molecule has 0 radical (unpaired) electrons. The van der Waals surface area contributed by atoms with Crippen LogP contribution in [0.15, 0.2) is 55.5 Å². The first kappa shape index (κ1) is 20.1. The van der Waals surface area contributed by atoms with Gasteiger partial charge >= 0.3 is 5.76 Å². The van der Waals surface area contributed by atoms with Crippen molar-refractivity contribution in [2.75, 3.05) is 7.05 Å². The van der Waals surface area contributed by atoms with Crippen molar-refractivity contribution in [2.45, 2.75) is 24.9 Å². The standard InChI is InChI=1S/C18H19ClN4O4S/c1-11(21-2)22-28(25,26)15-5-6-16-17(8-15)27-18(24)23(16)10-13-7-14(19)4-3-12(13)9-20/h3-8H,9-10,20H2,1-2H3,(H,21,22). The normalized spacial score (nSPS) is 12.5. The summed E-state index contributed by atoms with van der Waals surface area (Å²) in [5.74, 6) is -0.360. The molecule has 0 atom stereocenters. The number of hydrogen-bond acceptors (Lipinski definition) is 6. The van der Waals surface area contributed by atoms with Crippen LogP contribution in [0.1, 0.15) is 18.1 Å². The highest BCUT2D eigenvalue weighted by Gasteiger charge is 2.18. The quantitative estimate of drug-likeness (QED) is 0.481. The van der Waals surface area contributed by atoms with Gasteiger partial charge < -0.3 is 10.2 Å². The number of rotatable bonds is 5. The summed E-state index contributed by atoms with van der Waals surface area (Å²) >= 11 is 6.06. The lowest BCUT2D eigenvalue weighted by Crippen LogP contribution is -2.28. The van der Waals surface area contributed by atoms with E-state index >= 15 is 0 Å². The number of nitrogens with two attached hydrogens (primary N) is 1. The zero-order valence-corrected chi connectivity index (χ0v) is 16.8. The number of nitrogens with zero attached hydrogens (tertiary/aromatic N) is 2. The minimum Gasteiger partial charge on any atom is -0.408 e. The van der Waals surface area contributed by atoms with Gasteiger partial charge in [0.15, 0.2) is 5.58 Å². The second-order valence-electron chi connectivity index (χ2n) is 6.12. The Hall–Kier alpha value is -2.62. The Labute approximate surface area is 166 Å². The third kappa shape index (κ3) is 3.96. The van der Waals surface area contributed by atoms with E-state index in [4.69, 9.17) is 21.8 Å². The Morgan fingerprint density at radius 3 is 2.68 bits per heavy atom. The molecule has 3 rings (SSSR count). The maximum Gasteiger partial charge on any atom is 0.420 e. The minimum absolute atomic E-state index is 0.0331. The number of amidine groups is 1. The maximum atomic E-state index is 12.4. The number of sulfonamides is 1. The molecule has 0 aliphatic heterocycles. The third-order valence-electron chi connectivity index (χ3n) is 4.28. The van der Waals surface area contributed by atoms with Gasteiger partial charge in [-0.2, -0.15) is 0 Å². The number of fused-ring (bicyclic) bond motifs is 1. The molecular formula is C18H19ClN4O4S. The highest BCUT2D eigenvalue weighted by molar-refractivity contribution is 7.90. The van der Waals surface area contributed by atoms with Gasteiger partial charge in [0.25, 0.3) is 10.0 Å². The van der Waals surface area contributed by atoms with Gasteiger partial charge in [0, 0.05) is 24.7 Å². The van der Waals surface area contributed by atoms with Crippen LogP contribution in [0.4, 0.5) is 0 Å². The summed E-state index contributed by atoms with van der Waals surface area (Å²) in [5, 5.41) is 0.528. The SMILES string of the molecule is CN=C(C)NS(=O)(=O)c1ccc2c(c1)oc(=O)n2Cc1cc(Cl)ccc1CN. The van der Waals surface area contributed by atoms with Crippen molar-refractivity contribution in [1.29, 1.82) is 0 Å². The number of aromatic nitrogens is 1. The highest BCUT2D eigenvalue weighted by Crippen LogP contribution is 2.22. The van der Waals surface area contributed by atoms with E-state index in [9.17, 15) is 13.2 Å². The number of halogens is 1. The monoisotopic (exact) mass is 422 g/mol. The van der Waals surface area contributed by atoms with E-state index in [0.717, 1.165) is 11.1 Å². The fourth-order valence-corrected chi connectivity index (χ4v) is 4.08. The second kappa shape index (κ2) is 7.78. The topological polar surface area (TPSA) is 120 Å². The molecule has 0 unspecified atom stereocenters. The number of hydrogen-bond donors (Lipinski definition) is 2. The van der Waals surface area contributed by atoms with E-state index in [0.29, 0.717) is 17.1 Å². The molecule has 10 heteroatoms. The number of oxazole rings is 1. The molecule has 0 bridgehead atoms. The Morgan fingerprint density at radius 1 is 1.25 bits per heavy atom. The first-order valence-electron chi connectivity index (χ1n) is 8.32. The van der Waals surface area contributed by atoms with Crippen molar-refractivity contribution in [2.24, 2.45) is 10.7 Å². The zero-order chi connectivity index (χ0) is 20.5. The van der Waals surface area contributed by atoms with Gasteiger partial charge in [-0.15, -0.1) is 0 Å². The Kier molecular flexibility index (Phi) is 5.59. The molecule has 3 aromatic rings. The average Bonchev–Trinajstić information content (AvgIpc) is 2.96. The lowest BCUT2D eigenvalue weighted by Gasteiger charge is -2.09. The lowest BCUT2D eigenvalue weighted by molar-refractivity contribution is 0.516. The van der Waals surface area contributed by atoms with E-state index in [1.165, 1.54) is 36.7 Å². The van der Waals surface area contributed by atoms with Crippen molar-refractivity contribution in [3.8, 4) is 0 Å². The number of nitrogens with one attached hydrogen (secondary N) is 1. The molecule has 0 amide bonds. The average molecular weight is 423 g/mol. The van der Waals surface area contributed by atoms with Crippen LogP contribution < -0.4 is 16.2 Å². The van der Waals surface area contributed by atoms with E-state index in [1.807, 2.05) is 0 Å². The van der Waals surface area contributed by atoms with E-state index < -0.39 is 15.8 Å². The summed E-state index contributed by atoms with van der Waals surface area (Å²) in [6.07, 6.45) is 0. The van der Waals surface area contributed by atoms with Gasteiger partial charge in [-0.05, 0) is 42.3 Å². The van der Waals surface area contributed by atoms with Gasteiger partial charge in [0.05, 0.1) is 17.0 Å². The molecule has 0 saturated carbocycles. The Balaban J connectivity index is 2.05. The van der Waals surface area contributed by atoms with Crippen molar-refractivity contribution < 1.29 is 12.8 Å². The van der Waals surface area contributed by atoms with Crippen molar-refractivity contribution >= 4 is 38.6 Å². The van der Waals surface area contributed by atoms with Gasteiger partial charge in [0.1, 0.15) is 5.84 Å². The number of aliphatic imine (C=N–C) groups is 1. The predicted octanol–water partition coefficient (Wildman–Crippen LogP) is 2.08. The molecule has 0 aliphatic rings. The summed E-state index contributed by atoms with van der Waals surface area (Å²) in [6.45, 7) is 2.03. The Bertz CT molecular complexity index is 1230. The molecule has 0 aliphatic carbocycles. The van der Waals surface area contributed by atoms with Gasteiger partial charge in [-0.3, -0.25) is 14.3 Å². The number of benzene rings is 2. The van der Waals surface area contributed by atoms with Crippen molar-refractivity contribution in [3.05, 3.63) is 63.1 Å². The van der Waals surface area contributed by atoms with Crippen LogP contribution in [0, 0.1) is 0 Å². The van der Waals surface area contributed by atoms with Crippen molar-refractivity contribution in [1.82, 2.24) is 9.29 Å². The van der Waals surface area contributed by atoms with E-state index in [-0.39, 0.29) is 22.9 Å². The minimum atomic E-state index is -3.83. The molecule has 0 saturated heterocycles. The van der Waals surface area contributed by atoms with E-state index in [1.54, 1.807) is 18.2 Å². The van der Waals surface area contributed by atoms with Crippen LogP contribution in [0.2, 0.25) is 5.02 Å². The molecule has 28 heavy (non-hydrogen) atoms. The first-order valence-corrected chi connectivity index (χ1v) is 10.2. The smallest absolute Gasteiger partial charge is 0.408 e. The van der Waals surface area contributed by atoms with Crippen molar-refractivity contribution in [3.63, 3.8) is 0 Å². The molecule has 1 heterocycles. The molecule has 3 N–H and O–H groups in total. The fraction of sp³-hybridized carbons (Fsp3) is 0.222. The van der Waals surface area contributed by atoms with Gasteiger partial charge in [-0.25, -0.2) is 13.2 Å². The summed E-state index contributed by atoms with van der Waals surface area (Å²) in [4.78, 5) is 16.1. The van der Waals surface area contributed by atoms with Crippen LogP contribution in [0.5, 0.6) is 0 Å². The van der Waals surface area contributed by atoms with Crippen LogP contribution >= 0.6 is 11.6 Å². The van der Waals surface area contributed by atoms with Gasteiger partial charge in [0.2, 0.25) is 0 Å². The van der Waals surface area contributed by atoms with Crippen LogP contribution in [0.3, 0.4) is 0 Å². The fourth-order valence-electron chi connectivity index (χ4n) is 2.77. The maximum absolute atomic E-state index is 12.4. The summed E-state index contributed by atoms with van der Waals surface area (Å²) < 4.78 is 33.8. The molecular weight excluding hydrogens is 404 g/mol. The predicted molar refractivity (Wildman–Crippen MR) is 108 cm³/mol. The summed E-state index contributed by atoms with van der Waals surface area (Å²) in [6, 6.07) is 9.51. The largest absolute Gasteiger partial charge is 0.420 e. The lowest BCUT2D eigenvalue weighted by atomic mass is 10.1. The zero-order valence-electron chi connectivity index (χ0n) is 15.3. The molecule has 148 valence electrons. The highest BCUT2D eigenvalue weighted by atomic mass is 35.5. The molecule has 8 nitrogen and oxygen atoms in total. The third-order valence-corrected chi connectivity index (χ3v) is 5.96. The summed E-state index contributed by atoms with van der Waals surface area (Å²) in [7, 11) is -2.35. The molecule has 0 fully saturated rings. The van der Waals surface area contributed by atoms with Crippen LogP contribution in [-0.2, 0) is 23.1 Å². The second-order valence-corrected chi connectivity index (χ2v) is 8.23. The molecule has 2 aromatic carbocycles. The Morgan fingerprint density at radius 2 is 2.00 bits per heavy atom. The van der Waals surface area contributed by atoms with Crippen LogP contribution in [0.25, 0.3) is 11.1 Å². The molecule has 0 spiro atoms. The van der Waals surface area contributed by atoms with Gasteiger partial charge in [-0.1, -0.05) is 17.7 Å².